The van der Waals surface area contributed by atoms with E-state index in [1.165, 1.54) is 0 Å². The average molecular weight is 334 g/mol. The minimum atomic E-state index is -1.02. The van der Waals surface area contributed by atoms with E-state index in [2.05, 4.69) is 10.6 Å². The van der Waals surface area contributed by atoms with Gasteiger partial charge in [-0.15, -0.1) is 0 Å². The lowest BCUT2D eigenvalue weighted by molar-refractivity contribution is -0.139. The van der Waals surface area contributed by atoms with Gasteiger partial charge in [0, 0.05) is 0 Å². The fraction of sp³-hybridized carbons (Fsp3) is 0.375. The number of primary amides is 1. The van der Waals surface area contributed by atoms with Crippen LogP contribution in [-0.2, 0) is 19.2 Å². The van der Waals surface area contributed by atoms with Crippen LogP contribution in [-0.4, -0.2) is 36.1 Å². The molecule has 0 aliphatic heterocycles. The number of ketones is 1. The Morgan fingerprint density at radius 3 is 2.29 bits per heavy atom. The maximum absolute atomic E-state index is 11.9. The van der Waals surface area contributed by atoms with Crippen LogP contribution in [0, 0.1) is 0 Å². The van der Waals surface area contributed by atoms with Crippen molar-refractivity contribution in [2.24, 2.45) is 11.5 Å². The Morgan fingerprint density at radius 2 is 1.75 bits per heavy atom. The highest BCUT2D eigenvalue weighted by Crippen LogP contribution is 2.11. The predicted octanol–water partition coefficient (Wildman–Crippen LogP) is -0.858. The Morgan fingerprint density at radius 1 is 1.12 bits per heavy atom. The summed E-state index contributed by atoms with van der Waals surface area (Å²) in [7, 11) is 0. The van der Waals surface area contributed by atoms with Gasteiger partial charge in [-0.1, -0.05) is 43.7 Å². The van der Waals surface area contributed by atoms with Gasteiger partial charge in [0.1, 0.15) is 6.04 Å². The second kappa shape index (κ2) is 9.41. The van der Waals surface area contributed by atoms with E-state index in [9.17, 15) is 19.2 Å². The van der Waals surface area contributed by atoms with Crippen LogP contribution in [0.2, 0.25) is 0 Å². The van der Waals surface area contributed by atoms with Gasteiger partial charge in [0.05, 0.1) is 12.6 Å². The van der Waals surface area contributed by atoms with Crippen molar-refractivity contribution in [3.63, 3.8) is 0 Å². The van der Waals surface area contributed by atoms with Crippen molar-refractivity contribution in [2.45, 2.75) is 31.8 Å². The molecule has 6 N–H and O–H groups in total. The molecule has 2 atom stereocenters. The quantitative estimate of drug-likeness (QED) is 0.434. The van der Waals surface area contributed by atoms with E-state index < -0.39 is 42.1 Å². The topological polar surface area (TPSA) is 144 Å². The molecule has 8 heteroatoms. The van der Waals surface area contributed by atoms with Crippen molar-refractivity contribution in [3.05, 3.63) is 35.9 Å². The molecule has 1 aromatic rings. The molecule has 0 saturated heterocycles. The van der Waals surface area contributed by atoms with Crippen molar-refractivity contribution in [1.29, 1.82) is 0 Å². The van der Waals surface area contributed by atoms with Crippen LogP contribution in [0.15, 0.2) is 30.3 Å². The second-order valence-electron chi connectivity index (χ2n) is 5.26. The zero-order valence-corrected chi connectivity index (χ0v) is 13.5. The fourth-order valence-electron chi connectivity index (χ4n) is 2.03. The van der Waals surface area contributed by atoms with Crippen LogP contribution in [0.3, 0.4) is 0 Å². The molecule has 0 aliphatic rings. The van der Waals surface area contributed by atoms with Gasteiger partial charge in [0.15, 0.2) is 0 Å². The maximum Gasteiger partial charge on any atom is 0.289 e. The summed E-state index contributed by atoms with van der Waals surface area (Å²) in [5.74, 6) is -3.09. The standard InChI is InChI=1S/C16H22N4O4/c1-2-6-11(17)14(22)16(24)19-9-12(21)20-13(15(18)23)10-7-4-3-5-8-10/h3-5,7-8,11,13H,2,6,9,17H2,1H3,(H2,18,23)(H,19,24)(H,20,21). The molecule has 0 fully saturated rings. The number of carbonyl (C=O) groups is 4. The molecule has 2 unspecified atom stereocenters. The number of rotatable bonds is 9. The fourth-order valence-corrected chi connectivity index (χ4v) is 2.03. The SMILES string of the molecule is CCCC(N)C(=O)C(=O)NCC(=O)NC(C(N)=O)c1ccccc1. The minimum absolute atomic E-state index is 0.385. The largest absolute Gasteiger partial charge is 0.368 e. The third-order valence-corrected chi connectivity index (χ3v) is 3.29. The summed E-state index contributed by atoms with van der Waals surface area (Å²) in [6.07, 6.45) is 1.05. The first-order chi connectivity index (χ1) is 11.4. The average Bonchev–Trinajstić information content (AvgIpc) is 2.57. The van der Waals surface area contributed by atoms with Crippen LogP contribution >= 0.6 is 0 Å². The zero-order chi connectivity index (χ0) is 18.1. The first kappa shape index (κ1) is 19.3. The zero-order valence-electron chi connectivity index (χ0n) is 13.5. The number of nitrogens with one attached hydrogen (secondary N) is 2. The third kappa shape index (κ3) is 5.81. The summed E-state index contributed by atoms with van der Waals surface area (Å²) in [4.78, 5) is 46.7. The molecular weight excluding hydrogens is 312 g/mol. The van der Waals surface area contributed by atoms with Crippen LogP contribution in [0.25, 0.3) is 0 Å². The predicted molar refractivity (Wildman–Crippen MR) is 87.4 cm³/mol. The van der Waals surface area contributed by atoms with E-state index in [0.29, 0.717) is 18.4 Å². The lowest BCUT2D eigenvalue weighted by Gasteiger charge is -2.16. The smallest absolute Gasteiger partial charge is 0.289 e. The van der Waals surface area contributed by atoms with Gasteiger partial charge in [0.2, 0.25) is 17.6 Å². The van der Waals surface area contributed by atoms with Crippen LogP contribution in [0.5, 0.6) is 0 Å². The van der Waals surface area contributed by atoms with Gasteiger partial charge in [-0.05, 0) is 12.0 Å². The van der Waals surface area contributed by atoms with Gasteiger partial charge < -0.3 is 22.1 Å². The number of hydrogen-bond donors (Lipinski definition) is 4. The molecule has 1 rings (SSSR count). The molecular formula is C16H22N4O4. The Bertz CT molecular complexity index is 603. The van der Waals surface area contributed by atoms with Gasteiger partial charge in [-0.2, -0.15) is 0 Å². The normalized spacial score (nSPS) is 12.8. The van der Waals surface area contributed by atoms with Gasteiger partial charge in [0.25, 0.3) is 5.91 Å². The summed E-state index contributed by atoms with van der Waals surface area (Å²) in [6, 6.07) is 6.53. The van der Waals surface area contributed by atoms with E-state index >= 15 is 0 Å². The Labute approximate surface area is 140 Å². The Balaban J connectivity index is 2.57. The lowest BCUT2D eigenvalue weighted by atomic mass is 10.1. The molecule has 1 aromatic carbocycles. The number of carbonyl (C=O) groups excluding carboxylic acids is 4. The molecule has 0 saturated carbocycles. The lowest BCUT2D eigenvalue weighted by Crippen LogP contribution is -2.47. The van der Waals surface area contributed by atoms with E-state index in [-0.39, 0.29) is 0 Å². The first-order valence-electron chi connectivity index (χ1n) is 7.58. The number of nitrogens with two attached hydrogens (primary N) is 2. The third-order valence-electron chi connectivity index (χ3n) is 3.29. The highest BCUT2D eigenvalue weighted by atomic mass is 16.2. The molecule has 0 bridgehead atoms. The van der Waals surface area contributed by atoms with Crippen molar-refractivity contribution < 1.29 is 19.2 Å². The van der Waals surface area contributed by atoms with Gasteiger partial charge in [-0.3, -0.25) is 19.2 Å². The van der Waals surface area contributed by atoms with E-state index in [1.807, 2.05) is 6.92 Å². The summed E-state index contributed by atoms with van der Waals surface area (Å²) < 4.78 is 0. The van der Waals surface area contributed by atoms with Gasteiger partial charge in [-0.25, -0.2) is 0 Å². The number of benzene rings is 1. The van der Waals surface area contributed by atoms with Gasteiger partial charge >= 0.3 is 0 Å². The van der Waals surface area contributed by atoms with Crippen LogP contribution in [0.4, 0.5) is 0 Å². The molecule has 130 valence electrons. The Kier molecular flexibility index (Phi) is 7.57. The summed E-state index contributed by atoms with van der Waals surface area (Å²) >= 11 is 0. The van der Waals surface area contributed by atoms with E-state index in [4.69, 9.17) is 11.5 Å². The number of Topliss-reactive ketones (excluding diaryl/α,β-unsaturated/α-hetero) is 1. The number of amides is 3. The molecule has 0 heterocycles. The summed E-state index contributed by atoms with van der Waals surface area (Å²) in [5, 5.41) is 4.60. The molecule has 0 aliphatic carbocycles. The summed E-state index contributed by atoms with van der Waals surface area (Å²) in [5.41, 5.74) is 11.4. The summed E-state index contributed by atoms with van der Waals surface area (Å²) in [6.45, 7) is 1.38. The molecule has 3 amide bonds. The molecule has 0 spiro atoms. The van der Waals surface area contributed by atoms with Crippen molar-refractivity contribution in [3.8, 4) is 0 Å². The number of hydrogen-bond acceptors (Lipinski definition) is 5. The van der Waals surface area contributed by atoms with E-state index in [0.717, 1.165) is 0 Å². The minimum Gasteiger partial charge on any atom is -0.368 e. The van der Waals surface area contributed by atoms with Crippen LogP contribution < -0.4 is 22.1 Å². The van der Waals surface area contributed by atoms with E-state index in [1.54, 1.807) is 30.3 Å². The molecule has 0 radical (unpaired) electrons. The Hall–Kier alpha value is -2.74. The highest BCUT2D eigenvalue weighted by Gasteiger charge is 2.23. The van der Waals surface area contributed by atoms with Crippen molar-refractivity contribution in [2.75, 3.05) is 6.54 Å². The van der Waals surface area contributed by atoms with Crippen molar-refractivity contribution >= 4 is 23.5 Å². The van der Waals surface area contributed by atoms with Crippen LogP contribution in [0.1, 0.15) is 31.4 Å². The molecule has 24 heavy (non-hydrogen) atoms. The monoisotopic (exact) mass is 334 g/mol. The maximum atomic E-state index is 11.9. The second-order valence-corrected chi connectivity index (χ2v) is 5.26. The first-order valence-corrected chi connectivity index (χ1v) is 7.58. The van der Waals surface area contributed by atoms with Crippen molar-refractivity contribution in [1.82, 2.24) is 10.6 Å². The molecule has 8 nitrogen and oxygen atoms in total. The highest BCUT2D eigenvalue weighted by molar-refractivity contribution is 6.38. The molecule has 0 aromatic heterocycles.